The van der Waals surface area contributed by atoms with Gasteiger partial charge in [-0.3, -0.25) is 4.79 Å². The monoisotopic (exact) mass is 344 g/mol. The van der Waals surface area contributed by atoms with Crippen molar-refractivity contribution >= 4 is 23.6 Å². The first-order valence-electron chi connectivity index (χ1n) is 7.85. The molecule has 2 atom stereocenters. The van der Waals surface area contributed by atoms with Crippen LogP contribution in [0.1, 0.15) is 30.4 Å². The van der Waals surface area contributed by atoms with Gasteiger partial charge in [0.1, 0.15) is 5.15 Å². The second kappa shape index (κ2) is 9.21. The van der Waals surface area contributed by atoms with Crippen molar-refractivity contribution in [2.45, 2.75) is 25.4 Å². The van der Waals surface area contributed by atoms with Gasteiger partial charge in [0.25, 0.3) is 0 Å². The molecule has 2 N–H and O–H groups in total. The molecule has 0 bridgehead atoms. The number of carbonyl (C=O) groups is 1. The molecule has 2 rings (SSSR count). The molecule has 1 aromatic heterocycles. The number of hydrogen-bond donors (Lipinski definition) is 2. The summed E-state index contributed by atoms with van der Waals surface area (Å²) in [5, 5.41) is 13.0. The lowest BCUT2D eigenvalue weighted by Crippen LogP contribution is -2.28. The summed E-state index contributed by atoms with van der Waals surface area (Å²) in [7, 11) is 0. The van der Waals surface area contributed by atoms with E-state index in [1.807, 2.05) is 30.3 Å². The van der Waals surface area contributed by atoms with Crippen molar-refractivity contribution in [3.63, 3.8) is 0 Å². The summed E-state index contributed by atoms with van der Waals surface area (Å²) in [5.74, 6) is -0.114. The Bertz CT molecular complexity index is 670. The molecule has 1 amide bonds. The van der Waals surface area contributed by atoms with E-state index in [1.54, 1.807) is 31.3 Å². The number of nitrogens with one attached hydrogen (secondary N) is 1. The van der Waals surface area contributed by atoms with Gasteiger partial charge in [-0.25, -0.2) is 4.98 Å². The Morgan fingerprint density at radius 1 is 1.29 bits per heavy atom. The summed E-state index contributed by atoms with van der Waals surface area (Å²) in [6, 6.07) is 13.3. The predicted octanol–water partition coefficient (Wildman–Crippen LogP) is 3.42. The van der Waals surface area contributed by atoms with Crippen molar-refractivity contribution in [1.29, 1.82) is 0 Å². The maximum absolute atomic E-state index is 12.0. The van der Waals surface area contributed by atoms with Gasteiger partial charge in [0.05, 0.1) is 6.10 Å². The van der Waals surface area contributed by atoms with Crippen LogP contribution in [0.5, 0.6) is 0 Å². The zero-order chi connectivity index (χ0) is 17.4. The number of pyridine rings is 1. The highest BCUT2D eigenvalue weighted by Gasteiger charge is 2.14. The molecule has 0 aliphatic heterocycles. The van der Waals surface area contributed by atoms with Crippen LogP contribution in [0.4, 0.5) is 0 Å². The van der Waals surface area contributed by atoms with E-state index in [4.69, 9.17) is 11.6 Å². The van der Waals surface area contributed by atoms with Crippen LogP contribution in [0.2, 0.25) is 5.15 Å². The topological polar surface area (TPSA) is 62.2 Å². The molecule has 24 heavy (non-hydrogen) atoms. The standard InChI is InChI=1S/C19H21ClN2O2/c1-14(23)11-17(16-5-3-2-4-6-16)13-22-19(24)10-8-15-7-9-18(20)21-12-15/h2-10,12,14,17,23H,11,13H2,1H3,(H,22,24)/b10-8+. The summed E-state index contributed by atoms with van der Waals surface area (Å²) >= 11 is 5.72. The van der Waals surface area contributed by atoms with Gasteiger partial charge in [-0.1, -0.05) is 48.0 Å². The van der Waals surface area contributed by atoms with E-state index in [0.29, 0.717) is 18.1 Å². The number of halogens is 1. The van der Waals surface area contributed by atoms with Crippen LogP contribution in [0, 0.1) is 0 Å². The second-order valence-electron chi connectivity index (χ2n) is 5.69. The number of nitrogens with zero attached hydrogens (tertiary/aromatic N) is 1. The molecule has 1 heterocycles. The SMILES string of the molecule is CC(O)CC(CNC(=O)/C=C/c1ccc(Cl)nc1)c1ccccc1. The van der Waals surface area contributed by atoms with Crippen LogP contribution in [0.25, 0.3) is 6.08 Å². The van der Waals surface area contributed by atoms with Gasteiger partial charge >= 0.3 is 0 Å². The van der Waals surface area contributed by atoms with Crippen LogP contribution in [0.15, 0.2) is 54.7 Å². The maximum atomic E-state index is 12.0. The van der Waals surface area contributed by atoms with Crippen molar-refractivity contribution in [2.24, 2.45) is 0 Å². The largest absolute Gasteiger partial charge is 0.393 e. The normalized spacial score (nSPS) is 13.6. The number of carbonyl (C=O) groups excluding carboxylic acids is 1. The predicted molar refractivity (Wildman–Crippen MR) is 96.8 cm³/mol. The van der Waals surface area contributed by atoms with Gasteiger partial charge in [0, 0.05) is 24.7 Å². The highest BCUT2D eigenvalue weighted by molar-refractivity contribution is 6.29. The second-order valence-corrected chi connectivity index (χ2v) is 6.07. The molecule has 0 saturated heterocycles. The van der Waals surface area contributed by atoms with E-state index in [9.17, 15) is 9.90 Å². The molecule has 0 saturated carbocycles. The average Bonchev–Trinajstić information content (AvgIpc) is 2.58. The fraction of sp³-hybridized carbons (Fsp3) is 0.263. The van der Waals surface area contributed by atoms with Crippen LogP contribution in [-0.4, -0.2) is 28.6 Å². The quantitative estimate of drug-likeness (QED) is 0.597. The van der Waals surface area contributed by atoms with Gasteiger partial charge in [-0.2, -0.15) is 0 Å². The minimum absolute atomic E-state index is 0.0701. The Hall–Kier alpha value is -2.17. The van der Waals surface area contributed by atoms with Gasteiger partial charge in [-0.15, -0.1) is 0 Å². The van der Waals surface area contributed by atoms with Crippen LogP contribution >= 0.6 is 11.6 Å². The summed E-state index contributed by atoms with van der Waals surface area (Å²) < 4.78 is 0. The Morgan fingerprint density at radius 3 is 2.67 bits per heavy atom. The third-order valence-corrected chi connectivity index (χ3v) is 3.82. The number of rotatable bonds is 7. The molecule has 126 valence electrons. The van der Waals surface area contributed by atoms with E-state index >= 15 is 0 Å². The number of benzene rings is 1. The number of aromatic nitrogens is 1. The fourth-order valence-electron chi connectivity index (χ4n) is 2.41. The zero-order valence-corrected chi connectivity index (χ0v) is 14.3. The Balaban J connectivity index is 1.93. The van der Waals surface area contributed by atoms with Crippen LogP contribution in [0.3, 0.4) is 0 Å². The minimum Gasteiger partial charge on any atom is -0.393 e. The maximum Gasteiger partial charge on any atom is 0.244 e. The zero-order valence-electron chi connectivity index (χ0n) is 13.5. The number of aliphatic hydroxyl groups is 1. The first-order valence-corrected chi connectivity index (χ1v) is 8.23. The lowest BCUT2D eigenvalue weighted by Gasteiger charge is -2.19. The van der Waals surface area contributed by atoms with Gasteiger partial charge in [0.2, 0.25) is 5.91 Å². The van der Waals surface area contributed by atoms with Crippen molar-refractivity contribution in [3.05, 3.63) is 71.0 Å². The molecular weight excluding hydrogens is 324 g/mol. The van der Waals surface area contributed by atoms with Crippen molar-refractivity contribution in [2.75, 3.05) is 6.54 Å². The average molecular weight is 345 g/mol. The van der Waals surface area contributed by atoms with Crippen molar-refractivity contribution in [1.82, 2.24) is 10.3 Å². The van der Waals surface area contributed by atoms with Crippen molar-refractivity contribution < 1.29 is 9.90 Å². The van der Waals surface area contributed by atoms with Crippen LogP contribution in [-0.2, 0) is 4.79 Å². The molecule has 0 fully saturated rings. The van der Waals surface area contributed by atoms with Crippen molar-refractivity contribution in [3.8, 4) is 0 Å². The smallest absolute Gasteiger partial charge is 0.244 e. The third-order valence-electron chi connectivity index (χ3n) is 3.60. The summed E-state index contributed by atoms with van der Waals surface area (Å²) in [6.07, 6.45) is 4.92. The molecular formula is C19H21ClN2O2. The third kappa shape index (κ3) is 6.14. The first-order chi connectivity index (χ1) is 11.5. The molecule has 0 aliphatic carbocycles. The highest BCUT2D eigenvalue weighted by Crippen LogP contribution is 2.20. The molecule has 5 heteroatoms. The lowest BCUT2D eigenvalue weighted by atomic mass is 9.93. The Labute approximate surface area is 147 Å². The Kier molecular flexibility index (Phi) is 6.97. The summed E-state index contributed by atoms with van der Waals surface area (Å²) in [5.41, 5.74) is 1.91. The summed E-state index contributed by atoms with van der Waals surface area (Å²) in [6.45, 7) is 2.22. The van der Waals surface area contributed by atoms with Gasteiger partial charge in [-0.05, 0) is 36.6 Å². The lowest BCUT2D eigenvalue weighted by molar-refractivity contribution is -0.116. The first kappa shape index (κ1) is 18.2. The number of amides is 1. The Morgan fingerprint density at radius 2 is 2.04 bits per heavy atom. The van der Waals surface area contributed by atoms with Gasteiger partial charge in [0.15, 0.2) is 0 Å². The molecule has 2 aromatic rings. The molecule has 2 unspecified atom stereocenters. The fourth-order valence-corrected chi connectivity index (χ4v) is 2.53. The number of hydrogen-bond acceptors (Lipinski definition) is 3. The molecule has 0 aliphatic rings. The van der Waals surface area contributed by atoms with E-state index < -0.39 is 6.10 Å². The van der Waals surface area contributed by atoms with E-state index in [1.165, 1.54) is 6.08 Å². The molecule has 0 radical (unpaired) electrons. The summed E-state index contributed by atoms with van der Waals surface area (Å²) in [4.78, 5) is 16.0. The minimum atomic E-state index is -0.428. The number of aliphatic hydroxyl groups excluding tert-OH is 1. The van der Waals surface area contributed by atoms with E-state index in [-0.39, 0.29) is 11.8 Å². The van der Waals surface area contributed by atoms with Gasteiger partial charge < -0.3 is 10.4 Å². The molecule has 4 nitrogen and oxygen atoms in total. The molecule has 0 spiro atoms. The van der Waals surface area contributed by atoms with E-state index in [0.717, 1.165) is 11.1 Å². The highest BCUT2D eigenvalue weighted by atomic mass is 35.5. The molecule has 1 aromatic carbocycles. The van der Waals surface area contributed by atoms with Crippen LogP contribution < -0.4 is 5.32 Å². The van der Waals surface area contributed by atoms with E-state index in [2.05, 4.69) is 10.3 Å².